The number of likely N-dealkylation sites (tertiary alicyclic amines) is 1. The second-order valence-corrected chi connectivity index (χ2v) is 8.76. The number of carbonyl (C=O) groups is 2. The minimum absolute atomic E-state index is 0.0770. The molecular formula is C27H34N2O6. The first-order chi connectivity index (χ1) is 16.8. The Balaban J connectivity index is 2.09. The lowest BCUT2D eigenvalue weighted by molar-refractivity contribution is -0.857. The summed E-state index contributed by atoms with van der Waals surface area (Å²) in [6.45, 7) is 3.60. The molecule has 0 spiro atoms. The molecule has 1 heterocycles. The van der Waals surface area contributed by atoms with Crippen LogP contribution in [-0.4, -0.2) is 64.6 Å². The van der Waals surface area contributed by atoms with E-state index >= 15 is 0 Å². The summed E-state index contributed by atoms with van der Waals surface area (Å²) in [5.74, 6) is -0.295. The van der Waals surface area contributed by atoms with E-state index in [1.54, 1.807) is 49.6 Å². The second-order valence-electron chi connectivity index (χ2n) is 8.76. The third-order valence-electron chi connectivity index (χ3n) is 6.00. The first-order valence-corrected chi connectivity index (χ1v) is 11.8. The molecule has 1 unspecified atom stereocenters. The van der Waals surface area contributed by atoms with Gasteiger partial charge in [0.2, 0.25) is 5.78 Å². The Bertz CT molecular complexity index is 1080. The molecule has 1 N–H and O–H groups in total. The highest BCUT2D eigenvalue weighted by atomic mass is 16.5. The average molecular weight is 483 g/mol. The molecule has 0 aliphatic carbocycles. The minimum Gasteiger partial charge on any atom is -0.872 e. The van der Waals surface area contributed by atoms with E-state index in [9.17, 15) is 14.7 Å². The van der Waals surface area contributed by atoms with Gasteiger partial charge in [0.15, 0.2) is 0 Å². The van der Waals surface area contributed by atoms with Gasteiger partial charge in [-0.2, -0.15) is 0 Å². The summed E-state index contributed by atoms with van der Waals surface area (Å²) < 4.78 is 16.5. The standard InChI is InChI=1S/C27H34N2O6/c1-6-7-16-35-19-10-8-18(9-11-19)25(30)23-24(21-13-12-20(33-4)17-22(21)34-5)29(15-14-28(2)3)27(32)26(23)31/h8-13,17,24,30H,6-7,14-16H2,1-5H3/b25-23+. The number of ether oxygens (including phenoxy) is 3. The van der Waals surface area contributed by atoms with Crippen molar-refractivity contribution in [3.05, 3.63) is 59.2 Å². The van der Waals surface area contributed by atoms with Gasteiger partial charge in [0.05, 0.1) is 54.1 Å². The Labute approximate surface area is 206 Å². The number of methoxy groups -OCH3 is 2. The number of hydrogen-bond donors (Lipinski definition) is 1. The van der Waals surface area contributed by atoms with Crippen molar-refractivity contribution in [2.75, 3.05) is 48.0 Å². The van der Waals surface area contributed by atoms with Crippen molar-refractivity contribution in [1.82, 2.24) is 4.90 Å². The number of nitrogens with one attached hydrogen (secondary N) is 1. The Morgan fingerprint density at radius 2 is 1.71 bits per heavy atom. The first kappa shape index (κ1) is 26.1. The lowest BCUT2D eigenvalue weighted by Gasteiger charge is -2.29. The Morgan fingerprint density at radius 1 is 1.03 bits per heavy atom. The highest BCUT2D eigenvalue weighted by Crippen LogP contribution is 2.43. The van der Waals surface area contributed by atoms with Gasteiger partial charge in [0, 0.05) is 17.2 Å². The Kier molecular flexibility index (Phi) is 8.76. The van der Waals surface area contributed by atoms with Crippen LogP contribution in [0.5, 0.6) is 17.2 Å². The van der Waals surface area contributed by atoms with E-state index in [-0.39, 0.29) is 5.57 Å². The van der Waals surface area contributed by atoms with Crippen molar-refractivity contribution >= 4 is 17.4 Å². The van der Waals surface area contributed by atoms with E-state index in [0.717, 1.165) is 17.7 Å². The highest BCUT2D eigenvalue weighted by molar-refractivity contribution is 6.46. The summed E-state index contributed by atoms with van der Waals surface area (Å²) in [7, 11) is 6.97. The highest BCUT2D eigenvalue weighted by Gasteiger charge is 2.45. The average Bonchev–Trinajstić information content (AvgIpc) is 3.11. The van der Waals surface area contributed by atoms with Gasteiger partial charge >= 0.3 is 0 Å². The largest absolute Gasteiger partial charge is 0.872 e. The SMILES string of the molecule is CCCCOc1ccc(/C([O-])=C2\C(=O)C(=O)N(CC[NH+](C)C)C2c2ccc(OC)cc2OC)cc1. The third kappa shape index (κ3) is 5.77. The van der Waals surface area contributed by atoms with Crippen molar-refractivity contribution in [2.45, 2.75) is 25.8 Å². The number of benzene rings is 2. The molecule has 1 atom stereocenters. The van der Waals surface area contributed by atoms with Crippen LogP contribution in [0.25, 0.3) is 5.76 Å². The number of hydrogen-bond acceptors (Lipinski definition) is 6. The summed E-state index contributed by atoms with van der Waals surface area (Å²) in [5, 5.41) is 13.6. The molecule has 0 saturated carbocycles. The fourth-order valence-electron chi connectivity index (χ4n) is 4.01. The smallest absolute Gasteiger partial charge is 0.295 e. The summed E-state index contributed by atoms with van der Waals surface area (Å²) >= 11 is 0. The van der Waals surface area contributed by atoms with Crippen molar-refractivity contribution < 1.29 is 33.8 Å². The van der Waals surface area contributed by atoms with Crippen LogP contribution in [0.2, 0.25) is 0 Å². The number of likely N-dealkylation sites (N-methyl/N-ethyl adjacent to an activating group) is 1. The molecule has 0 bridgehead atoms. The van der Waals surface area contributed by atoms with Gasteiger partial charge in [-0.1, -0.05) is 31.2 Å². The molecule has 8 heteroatoms. The number of Topliss-reactive ketones (excluding diaryl/α,β-unsaturated/α-hetero) is 1. The monoisotopic (exact) mass is 482 g/mol. The van der Waals surface area contributed by atoms with Crippen molar-refractivity contribution in [2.24, 2.45) is 0 Å². The zero-order valence-corrected chi connectivity index (χ0v) is 21.1. The van der Waals surface area contributed by atoms with Gasteiger partial charge in [-0.3, -0.25) is 9.59 Å². The minimum atomic E-state index is -0.858. The topological polar surface area (TPSA) is 92.6 Å². The van der Waals surface area contributed by atoms with Crippen molar-refractivity contribution in [1.29, 1.82) is 0 Å². The molecule has 2 aromatic rings. The molecular weight excluding hydrogens is 448 g/mol. The number of rotatable bonds is 11. The zero-order valence-electron chi connectivity index (χ0n) is 21.1. The van der Waals surface area contributed by atoms with Crippen LogP contribution in [0, 0.1) is 0 Å². The molecule has 1 amide bonds. The van der Waals surface area contributed by atoms with Crippen LogP contribution in [0.3, 0.4) is 0 Å². The quantitative estimate of drug-likeness (QED) is 0.224. The zero-order chi connectivity index (χ0) is 25.5. The molecule has 1 fully saturated rings. The van der Waals surface area contributed by atoms with E-state index in [1.165, 1.54) is 12.0 Å². The predicted octanol–water partition coefficient (Wildman–Crippen LogP) is 1.25. The maximum Gasteiger partial charge on any atom is 0.295 e. The van der Waals surface area contributed by atoms with Crippen LogP contribution >= 0.6 is 0 Å². The number of quaternary nitrogens is 1. The predicted molar refractivity (Wildman–Crippen MR) is 130 cm³/mol. The summed E-state index contributed by atoms with van der Waals surface area (Å²) in [6.07, 6.45) is 1.96. The van der Waals surface area contributed by atoms with Crippen LogP contribution in [0.15, 0.2) is 48.0 Å². The molecule has 188 valence electrons. The number of carbonyl (C=O) groups excluding carboxylic acids is 2. The normalized spacial score (nSPS) is 17.2. The van der Waals surface area contributed by atoms with Crippen LogP contribution < -0.4 is 24.2 Å². The second kappa shape index (κ2) is 11.8. The van der Waals surface area contributed by atoms with Gasteiger partial charge in [-0.25, -0.2) is 0 Å². The lowest BCUT2D eigenvalue weighted by Crippen LogP contribution is -3.06. The first-order valence-electron chi connectivity index (χ1n) is 11.8. The molecule has 0 aromatic heterocycles. The van der Waals surface area contributed by atoms with E-state index < -0.39 is 23.5 Å². The van der Waals surface area contributed by atoms with E-state index in [0.29, 0.717) is 48.1 Å². The van der Waals surface area contributed by atoms with E-state index in [2.05, 4.69) is 6.92 Å². The Morgan fingerprint density at radius 3 is 2.31 bits per heavy atom. The van der Waals surface area contributed by atoms with Crippen molar-refractivity contribution in [3.8, 4) is 17.2 Å². The molecule has 8 nitrogen and oxygen atoms in total. The molecule has 0 radical (unpaired) electrons. The number of unbranched alkanes of at least 4 members (excludes halogenated alkanes) is 1. The van der Waals surface area contributed by atoms with Gasteiger partial charge in [0.1, 0.15) is 17.2 Å². The summed E-state index contributed by atoms with van der Waals surface area (Å²) in [4.78, 5) is 28.8. The third-order valence-corrected chi connectivity index (χ3v) is 6.00. The number of amides is 1. The molecule has 2 aromatic carbocycles. The fourth-order valence-corrected chi connectivity index (χ4v) is 4.01. The molecule has 1 aliphatic rings. The lowest BCUT2D eigenvalue weighted by atomic mass is 9.94. The Hall–Kier alpha value is -3.52. The summed E-state index contributed by atoms with van der Waals surface area (Å²) in [5.41, 5.74) is 0.803. The van der Waals surface area contributed by atoms with Crippen LogP contribution in [0.4, 0.5) is 0 Å². The van der Waals surface area contributed by atoms with E-state index in [1.807, 2.05) is 14.1 Å². The maximum absolute atomic E-state index is 13.6. The molecule has 35 heavy (non-hydrogen) atoms. The van der Waals surface area contributed by atoms with E-state index in [4.69, 9.17) is 14.2 Å². The van der Waals surface area contributed by atoms with Crippen LogP contribution in [0.1, 0.15) is 36.9 Å². The molecule has 1 aliphatic heterocycles. The number of nitrogens with zero attached hydrogens (tertiary/aromatic N) is 1. The van der Waals surface area contributed by atoms with Gasteiger partial charge in [-0.05, 0) is 36.2 Å². The van der Waals surface area contributed by atoms with Gasteiger partial charge in [-0.15, -0.1) is 0 Å². The maximum atomic E-state index is 13.6. The fraction of sp³-hybridized carbons (Fsp3) is 0.407. The summed E-state index contributed by atoms with van der Waals surface area (Å²) in [6, 6.07) is 11.0. The number of ketones is 1. The molecule has 3 rings (SSSR count). The van der Waals surface area contributed by atoms with Crippen LogP contribution in [-0.2, 0) is 9.59 Å². The molecule has 1 saturated heterocycles. The van der Waals surface area contributed by atoms with Gasteiger partial charge in [0.25, 0.3) is 5.91 Å². The van der Waals surface area contributed by atoms with Crippen molar-refractivity contribution in [3.63, 3.8) is 0 Å². The van der Waals surface area contributed by atoms with Gasteiger partial charge < -0.3 is 29.1 Å².